The lowest BCUT2D eigenvalue weighted by molar-refractivity contribution is -0.147. The molecule has 3 rings (SSSR count). The molecule has 8 heteroatoms. The number of hydrogen-bond acceptors (Lipinski definition) is 6. The Balaban J connectivity index is 1.87. The SMILES string of the molecule is CCOC(=O)c1sc(NC(=O)C2CCCCC2C(=O)O)nc1-c1ccccc1. The van der Waals surface area contributed by atoms with Crippen molar-refractivity contribution in [3.05, 3.63) is 35.2 Å². The topological polar surface area (TPSA) is 106 Å². The molecule has 0 saturated heterocycles. The number of aromatic nitrogens is 1. The molecule has 2 unspecified atom stereocenters. The molecule has 1 amide bonds. The number of carboxylic acids is 1. The van der Waals surface area contributed by atoms with E-state index in [1.165, 1.54) is 0 Å². The largest absolute Gasteiger partial charge is 0.481 e. The number of anilines is 1. The fraction of sp³-hybridized carbons (Fsp3) is 0.400. The Kier molecular flexibility index (Phi) is 6.41. The summed E-state index contributed by atoms with van der Waals surface area (Å²) in [6, 6.07) is 9.18. The van der Waals surface area contributed by atoms with E-state index in [9.17, 15) is 19.5 Å². The van der Waals surface area contributed by atoms with Gasteiger partial charge in [-0.1, -0.05) is 54.5 Å². The van der Waals surface area contributed by atoms with Crippen molar-refractivity contribution in [3.8, 4) is 11.3 Å². The highest BCUT2D eigenvalue weighted by Crippen LogP contribution is 2.34. The Labute approximate surface area is 166 Å². The number of amides is 1. The molecule has 1 aromatic heterocycles. The molecule has 148 valence electrons. The van der Waals surface area contributed by atoms with Crippen LogP contribution in [0.25, 0.3) is 11.3 Å². The number of hydrogen-bond donors (Lipinski definition) is 2. The maximum absolute atomic E-state index is 12.7. The highest BCUT2D eigenvalue weighted by atomic mass is 32.1. The van der Waals surface area contributed by atoms with Crippen molar-refractivity contribution >= 4 is 34.3 Å². The van der Waals surface area contributed by atoms with Gasteiger partial charge in [-0.2, -0.15) is 0 Å². The zero-order valence-electron chi connectivity index (χ0n) is 15.5. The molecular weight excluding hydrogens is 380 g/mol. The lowest BCUT2D eigenvalue weighted by Gasteiger charge is -2.26. The molecule has 1 fully saturated rings. The molecular formula is C20H22N2O5S. The first kappa shape index (κ1) is 20.0. The molecule has 0 bridgehead atoms. The molecule has 1 aliphatic rings. The van der Waals surface area contributed by atoms with Gasteiger partial charge in [0.1, 0.15) is 4.88 Å². The molecule has 0 radical (unpaired) electrons. The summed E-state index contributed by atoms with van der Waals surface area (Å²) in [6.45, 7) is 1.95. The van der Waals surface area contributed by atoms with E-state index >= 15 is 0 Å². The molecule has 0 aliphatic heterocycles. The predicted molar refractivity (Wildman–Crippen MR) is 105 cm³/mol. The number of rotatable bonds is 6. The number of carbonyl (C=O) groups excluding carboxylic acids is 2. The van der Waals surface area contributed by atoms with E-state index in [1.54, 1.807) is 6.92 Å². The number of thiazole rings is 1. The van der Waals surface area contributed by atoms with Gasteiger partial charge < -0.3 is 15.2 Å². The molecule has 1 aliphatic carbocycles. The summed E-state index contributed by atoms with van der Waals surface area (Å²) in [4.78, 5) is 41.3. The quantitative estimate of drug-likeness (QED) is 0.712. The van der Waals surface area contributed by atoms with Crippen molar-refractivity contribution in [1.29, 1.82) is 0 Å². The first-order valence-electron chi connectivity index (χ1n) is 9.28. The van der Waals surface area contributed by atoms with Crippen LogP contribution in [0.3, 0.4) is 0 Å². The zero-order chi connectivity index (χ0) is 20.1. The molecule has 7 nitrogen and oxygen atoms in total. The summed E-state index contributed by atoms with van der Waals surface area (Å²) >= 11 is 1.04. The maximum atomic E-state index is 12.7. The molecule has 2 aromatic rings. The van der Waals surface area contributed by atoms with E-state index in [4.69, 9.17) is 4.74 Å². The fourth-order valence-corrected chi connectivity index (χ4v) is 4.32. The average molecular weight is 402 g/mol. The van der Waals surface area contributed by atoms with Gasteiger partial charge >= 0.3 is 11.9 Å². The van der Waals surface area contributed by atoms with Crippen molar-refractivity contribution in [2.75, 3.05) is 11.9 Å². The standard InChI is InChI=1S/C20H22N2O5S/c1-2-27-19(26)16-15(12-8-4-3-5-9-12)21-20(28-16)22-17(23)13-10-6-7-11-14(13)18(24)25/h3-5,8-9,13-14H,2,6-7,10-11H2,1H3,(H,24,25)(H,21,22,23). The first-order chi connectivity index (χ1) is 13.5. The van der Waals surface area contributed by atoms with E-state index in [-0.39, 0.29) is 17.6 Å². The second kappa shape index (κ2) is 8.97. The van der Waals surface area contributed by atoms with Crippen LogP contribution >= 0.6 is 11.3 Å². The van der Waals surface area contributed by atoms with E-state index < -0.39 is 23.8 Å². The summed E-state index contributed by atoms with van der Waals surface area (Å²) in [7, 11) is 0. The van der Waals surface area contributed by atoms with Crippen LogP contribution < -0.4 is 5.32 Å². The second-order valence-corrected chi connectivity index (χ2v) is 7.61. The molecule has 0 spiro atoms. The lowest BCUT2D eigenvalue weighted by Crippen LogP contribution is -2.36. The minimum atomic E-state index is -0.948. The van der Waals surface area contributed by atoms with Gasteiger partial charge in [0.25, 0.3) is 0 Å². The molecule has 1 saturated carbocycles. The van der Waals surface area contributed by atoms with Crippen LogP contribution in [0.5, 0.6) is 0 Å². The van der Waals surface area contributed by atoms with Crippen LogP contribution in [0.4, 0.5) is 5.13 Å². The van der Waals surface area contributed by atoms with Gasteiger partial charge in [-0.25, -0.2) is 9.78 Å². The number of carboxylic acid groups (broad SMARTS) is 1. The summed E-state index contributed by atoms with van der Waals surface area (Å²) in [5, 5.41) is 12.4. The van der Waals surface area contributed by atoms with Gasteiger partial charge in [-0.05, 0) is 19.8 Å². The van der Waals surface area contributed by atoms with Crippen LogP contribution in [0.15, 0.2) is 30.3 Å². The number of carbonyl (C=O) groups is 3. The smallest absolute Gasteiger partial charge is 0.350 e. The van der Waals surface area contributed by atoms with E-state index in [0.29, 0.717) is 23.4 Å². The summed E-state index contributed by atoms with van der Waals surface area (Å²) < 4.78 is 5.11. The van der Waals surface area contributed by atoms with Crippen LogP contribution in [-0.2, 0) is 14.3 Å². The van der Waals surface area contributed by atoms with Crippen molar-refractivity contribution < 1.29 is 24.2 Å². The Morgan fingerprint density at radius 1 is 1.18 bits per heavy atom. The minimum Gasteiger partial charge on any atom is -0.481 e. The third kappa shape index (κ3) is 4.39. The Hall–Kier alpha value is -2.74. The first-order valence-corrected chi connectivity index (χ1v) is 10.1. The fourth-order valence-electron chi connectivity index (χ4n) is 3.44. The number of nitrogens with one attached hydrogen (secondary N) is 1. The van der Waals surface area contributed by atoms with Gasteiger partial charge in [0, 0.05) is 5.56 Å². The molecule has 2 N–H and O–H groups in total. The Morgan fingerprint density at radius 2 is 1.86 bits per heavy atom. The van der Waals surface area contributed by atoms with Crippen molar-refractivity contribution in [1.82, 2.24) is 4.98 Å². The minimum absolute atomic E-state index is 0.231. The van der Waals surface area contributed by atoms with Crippen molar-refractivity contribution in [2.24, 2.45) is 11.8 Å². The number of ether oxygens (including phenoxy) is 1. The van der Waals surface area contributed by atoms with Gasteiger partial charge in [-0.15, -0.1) is 0 Å². The highest BCUT2D eigenvalue weighted by molar-refractivity contribution is 7.18. The lowest BCUT2D eigenvalue weighted by atomic mass is 9.79. The van der Waals surface area contributed by atoms with Crippen molar-refractivity contribution in [3.63, 3.8) is 0 Å². The van der Waals surface area contributed by atoms with Gasteiger partial charge in [-0.3, -0.25) is 9.59 Å². The van der Waals surface area contributed by atoms with Crippen LogP contribution in [0.1, 0.15) is 42.3 Å². The normalized spacial score (nSPS) is 19.0. The molecule has 1 aromatic carbocycles. The van der Waals surface area contributed by atoms with Crippen LogP contribution in [0, 0.1) is 11.8 Å². The highest BCUT2D eigenvalue weighted by Gasteiger charge is 2.36. The van der Waals surface area contributed by atoms with E-state index in [0.717, 1.165) is 29.7 Å². The number of nitrogens with zero attached hydrogens (tertiary/aromatic N) is 1. The predicted octanol–water partition coefficient (Wildman–Crippen LogP) is 3.82. The monoisotopic (exact) mass is 402 g/mol. The van der Waals surface area contributed by atoms with Crippen molar-refractivity contribution in [2.45, 2.75) is 32.6 Å². The van der Waals surface area contributed by atoms with Gasteiger partial charge in [0.15, 0.2) is 5.13 Å². The third-order valence-electron chi connectivity index (χ3n) is 4.79. The van der Waals surface area contributed by atoms with Crippen LogP contribution in [0.2, 0.25) is 0 Å². The third-order valence-corrected chi connectivity index (χ3v) is 5.74. The number of aliphatic carboxylic acids is 1. The summed E-state index contributed by atoms with van der Waals surface area (Å²) in [5.74, 6) is -3.10. The molecule has 28 heavy (non-hydrogen) atoms. The summed E-state index contributed by atoms with van der Waals surface area (Å²) in [5.41, 5.74) is 1.18. The molecule has 2 atom stereocenters. The van der Waals surface area contributed by atoms with Gasteiger partial charge in [0.05, 0.1) is 24.1 Å². The second-order valence-electron chi connectivity index (χ2n) is 6.61. The Bertz CT molecular complexity index is 865. The van der Waals surface area contributed by atoms with Crippen LogP contribution in [-0.4, -0.2) is 34.5 Å². The number of benzene rings is 1. The van der Waals surface area contributed by atoms with E-state index in [1.807, 2.05) is 30.3 Å². The summed E-state index contributed by atoms with van der Waals surface area (Å²) in [6.07, 6.45) is 2.66. The van der Waals surface area contributed by atoms with E-state index in [2.05, 4.69) is 10.3 Å². The number of esters is 1. The Morgan fingerprint density at radius 3 is 2.50 bits per heavy atom. The average Bonchev–Trinajstić information content (AvgIpc) is 3.12. The van der Waals surface area contributed by atoms with Gasteiger partial charge in [0.2, 0.25) is 5.91 Å². The molecule has 1 heterocycles. The zero-order valence-corrected chi connectivity index (χ0v) is 16.3. The maximum Gasteiger partial charge on any atom is 0.350 e.